The minimum atomic E-state index is 0.175. The number of hydrogen-bond acceptors (Lipinski definition) is 3. The van der Waals surface area contributed by atoms with Crippen molar-refractivity contribution < 1.29 is 9.28 Å². The number of carbonyl (C=O) groups excluding carboxylic acids is 1. The molecule has 1 aliphatic heterocycles. The fourth-order valence-electron chi connectivity index (χ4n) is 2.25. The molecule has 1 atom stereocenters. The Morgan fingerprint density at radius 3 is 2.81 bits per heavy atom. The minimum Gasteiger partial charge on any atom is -0.298 e. The van der Waals surface area contributed by atoms with Crippen molar-refractivity contribution >= 4 is 5.78 Å². The van der Waals surface area contributed by atoms with Gasteiger partial charge in [0.25, 0.3) is 0 Å². The molecule has 1 heterocycles. The van der Waals surface area contributed by atoms with E-state index in [2.05, 4.69) is 11.8 Å². The smallest absolute Gasteiger partial charge is 0.146 e. The van der Waals surface area contributed by atoms with Gasteiger partial charge in [0, 0.05) is 26.6 Å². The summed E-state index contributed by atoms with van der Waals surface area (Å²) >= 11 is 0. The highest BCUT2D eigenvalue weighted by molar-refractivity contribution is 5.80. The van der Waals surface area contributed by atoms with Gasteiger partial charge in [-0.05, 0) is 24.8 Å². The Kier molecular flexibility index (Phi) is 4.87. The van der Waals surface area contributed by atoms with Gasteiger partial charge >= 0.3 is 0 Å². The average Bonchev–Trinajstić information content (AvgIpc) is 2.58. The molecule has 94 valence electrons. The zero-order valence-corrected chi connectivity index (χ0v) is 10.6. The van der Waals surface area contributed by atoms with Crippen molar-refractivity contribution in [1.82, 2.24) is 10.0 Å². The average molecular weight is 230 g/mol. The predicted molar refractivity (Wildman–Crippen MR) is 62.8 cm³/mol. The maximum absolute atomic E-state index is 12.7. The van der Waals surface area contributed by atoms with Crippen molar-refractivity contribution in [1.29, 1.82) is 0 Å². The molecule has 1 saturated heterocycles. The van der Waals surface area contributed by atoms with Crippen molar-refractivity contribution in [3.05, 3.63) is 0 Å². The van der Waals surface area contributed by atoms with Crippen LogP contribution in [-0.2, 0) is 4.79 Å². The van der Waals surface area contributed by atoms with E-state index in [1.54, 1.807) is 0 Å². The Morgan fingerprint density at radius 1 is 1.56 bits per heavy atom. The van der Waals surface area contributed by atoms with Crippen LogP contribution in [0.5, 0.6) is 0 Å². The van der Waals surface area contributed by atoms with Gasteiger partial charge in [-0.1, -0.05) is 13.8 Å². The van der Waals surface area contributed by atoms with E-state index in [-0.39, 0.29) is 5.41 Å². The lowest BCUT2D eigenvalue weighted by Gasteiger charge is -2.25. The van der Waals surface area contributed by atoms with Gasteiger partial charge in [0.15, 0.2) is 0 Å². The number of ketones is 1. The van der Waals surface area contributed by atoms with Crippen LogP contribution in [0.3, 0.4) is 0 Å². The molecule has 0 bridgehead atoms. The zero-order valence-electron chi connectivity index (χ0n) is 10.6. The molecule has 16 heavy (non-hydrogen) atoms. The molecule has 0 saturated carbocycles. The van der Waals surface area contributed by atoms with Gasteiger partial charge < -0.3 is 0 Å². The van der Waals surface area contributed by atoms with Gasteiger partial charge in [-0.25, -0.2) is 0 Å². The highest BCUT2D eigenvalue weighted by Crippen LogP contribution is 2.33. The van der Waals surface area contributed by atoms with Crippen LogP contribution in [0, 0.1) is 5.41 Å². The van der Waals surface area contributed by atoms with Crippen LogP contribution < -0.4 is 0 Å². The second kappa shape index (κ2) is 5.73. The highest BCUT2D eigenvalue weighted by Gasteiger charge is 2.33. The number of nitrogens with zero attached hydrogens (tertiary/aromatic N) is 2. The summed E-state index contributed by atoms with van der Waals surface area (Å²) in [5.74, 6) is 0.298. The van der Waals surface area contributed by atoms with E-state index in [4.69, 9.17) is 0 Å². The number of Topliss-reactive ketones (excluding diaryl/α,β-unsaturated/α-hetero) is 1. The third-order valence-corrected chi connectivity index (χ3v) is 3.45. The summed E-state index contributed by atoms with van der Waals surface area (Å²) in [4.78, 5) is 13.5. The Balaban J connectivity index is 2.35. The Labute approximate surface area is 97.5 Å². The maximum atomic E-state index is 12.7. The third-order valence-electron chi connectivity index (χ3n) is 3.45. The van der Waals surface area contributed by atoms with Gasteiger partial charge in [0.05, 0.1) is 6.54 Å². The van der Waals surface area contributed by atoms with E-state index in [0.717, 1.165) is 31.1 Å². The van der Waals surface area contributed by atoms with Gasteiger partial charge in [-0.15, -0.1) is 9.60 Å². The molecule has 0 aromatic carbocycles. The Morgan fingerprint density at radius 2 is 2.25 bits per heavy atom. The number of rotatable bonds is 6. The van der Waals surface area contributed by atoms with E-state index in [0.29, 0.717) is 25.3 Å². The first-order chi connectivity index (χ1) is 7.45. The summed E-state index contributed by atoms with van der Waals surface area (Å²) in [6.07, 6.45) is 2.54. The monoisotopic (exact) mass is 230 g/mol. The molecule has 3 nitrogen and oxygen atoms in total. The molecule has 0 N–H and O–H groups in total. The first kappa shape index (κ1) is 13.6. The van der Waals surface area contributed by atoms with Gasteiger partial charge in [0.1, 0.15) is 5.78 Å². The third kappa shape index (κ3) is 4.18. The fourth-order valence-corrected chi connectivity index (χ4v) is 2.25. The maximum Gasteiger partial charge on any atom is 0.146 e. The van der Waals surface area contributed by atoms with E-state index < -0.39 is 0 Å². The lowest BCUT2D eigenvalue weighted by molar-refractivity contribution is -0.119. The molecule has 1 fully saturated rings. The van der Waals surface area contributed by atoms with Crippen LogP contribution >= 0.6 is 0 Å². The number of likely N-dealkylation sites (tertiary alicyclic amines) is 1. The van der Waals surface area contributed by atoms with Crippen LogP contribution in [0.15, 0.2) is 0 Å². The van der Waals surface area contributed by atoms with Crippen molar-refractivity contribution in [2.45, 2.75) is 33.1 Å². The molecule has 0 aliphatic carbocycles. The van der Waals surface area contributed by atoms with Crippen molar-refractivity contribution in [3.63, 3.8) is 0 Å². The summed E-state index contributed by atoms with van der Waals surface area (Å²) < 4.78 is 12.7. The normalized spacial score (nSPS) is 26.6. The molecule has 0 spiro atoms. The second-order valence-corrected chi connectivity index (χ2v) is 5.24. The minimum absolute atomic E-state index is 0.175. The standard InChI is InChI=1S/C12H23FN2O/c1-4-11(16)9-15-8-6-12(2,10-15)5-7-14(3)13/h4-10H2,1-3H3. The molecule has 0 radical (unpaired) electrons. The van der Waals surface area contributed by atoms with Crippen LogP contribution in [0.2, 0.25) is 0 Å². The number of halogens is 1. The van der Waals surface area contributed by atoms with Crippen LogP contribution in [-0.4, -0.2) is 49.0 Å². The first-order valence-electron chi connectivity index (χ1n) is 6.06. The lowest BCUT2D eigenvalue weighted by Crippen LogP contribution is -2.31. The van der Waals surface area contributed by atoms with Crippen molar-refractivity contribution in [3.8, 4) is 0 Å². The van der Waals surface area contributed by atoms with Crippen LogP contribution in [0.1, 0.15) is 33.1 Å². The number of hydrogen-bond donors (Lipinski definition) is 0. The van der Waals surface area contributed by atoms with Crippen molar-refractivity contribution in [2.24, 2.45) is 5.41 Å². The molecule has 0 aromatic heterocycles. The molecule has 1 rings (SSSR count). The summed E-state index contributed by atoms with van der Waals surface area (Å²) in [5.41, 5.74) is 0.175. The first-order valence-corrected chi connectivity index (χ1v) is 6.06. The molecule has 1 unspecified atom stereocenters. The highest BCUT2D eigenvalue weighted by atomic mass is 19.2. The summed E-state index contributed by atoms with van der Waals surface area (Å²) in [7, 11) is 1.46. The summed E-state index contributed by atoms with van der Waals surface area (Å²) in [5, 5.41) is 0.741. The molecule has 0 amide bonds. The largest absolute Gasteiger partial charge is 0.298 e. The van der Waals surface area contributed by atoms with Gasteiger partial charge in [-0.3, -0.25) is 9.69 Å². The predicted octanol–water partition coefficient (Wildman–Crippen LogP) is 1.88. The fraction of sp³-hybridized carbons (Fsp3) is 0.917. The topological polar surface area (TPSA) is 23.6 Å². The molecular weight excluding hydrogens is 207 g/mol. The van der Waals surface area contributed by atoms with Crippen molar-refractivity contribution in [2.75, 3.05) is 33.2 Å². The SMILES string of the molecule is CCC(=O)CN1CCC(C)(CCN(C)F)C1. The van der Waals surface area contributed by atoms with Crippen LogP contribution in [0.25, 0.3) is 0 Å². The van der Waals surface area contributed by atoms with E-state index in [9.17, 15) is 9.28 Å². The second-order valence-electron chi connectivity index (χ2n) is 5.24. The lowest BCUT2D eigenvalue weighted by atomic mass is 9.86. The summed E-state index contributed by atoms with van der Waals surface area (Å²) in [6, 6.07) is 0. The molecule has 1 aliphatic rings. The summed E-state index contributed by atoms with van der Waals surface area (Å²) in [6.45, 7) is 7.02. The van der Waals surface area contributed by atoms with E-state index in [1.807, 2.05) is 6.92 Å². The van der Waals surface area contributed by atoms with Gasteiger partial charge in [-0.2, -0.15) is 0 Å². The van der Waals surface area contributed by atoms with E-state index in [1.165, 1.54) is 7.05 Å². The molecule has 0 aromatic rings. The van der Waals surface area contributed by atoms with Crippen LogP contribution in [0.4, 0.5) is 4.48 Å². The number of carbonyl (C=O) groups is 1. The quantitative estimate of drug-likeness (QED) is 0.651. The van der Waals surface area contributed by atoms with Gasteiger partial charge in [0.2, 0.25) is 0 Å². The Hall–Kier alpha value is -0.480. The van der Waals surface area contributed by atoms with E-state index >= 15 is 0 Å². The molecular formula is C12H23FN2O. The Bertz CT molecular complexity index is 245. The zero-order chi connectivity index (χ0) is 12.2. The molecule has 4 heteroatoms.